The summed E-state index contributed by atoms with van der Waals surface area (Å²) in [5.74, 6) is 0. The maximum Gasteiger partial charge on any atom is 0.412 e. The summed E-state index contributed by atoms with van der Waals surface area (Å²) in [7, 11) is 3.99. The van der Waals surface area contributed by atoms with E-state index in [9.17, 15) is 13.2 Å². The second-order valence-corrected chi connectivity index (χ2v) is 7.99. The van der Waals surface area contributed by atoms with Crippen molar-refractivity contribution in [3.63, 3.8) is 0 Å². The summed E-state index contributed by atoms with van der Waals surface area (Å²) in [6, 6.07) is 10.5. The van der Waals surface area contributed by atoms with Crippen LogP contribution in [0.15, 0.2) is 42.5 Å². The van der Waals surface area contributed by atoms with Gasteiger partial charge in [-0.2, -0.15) is 13.2 Å². The van der Waals surface area contributed by atoms with Gasteiger partial charge in [-0.05, 0) is 55.5 Å². The monoisotopic (exact) mass is 409 g/mol. The minimum atomic E-state index is -4.47. The van der Waals surface area contributed by atoms with Gasteiger partial charge in [-0.3, -0.25) is 0 Å². The molecule has 0 spiro atoms. The molecular weight excluding hydrogens is 383 g/mol. The van der Waals surface area contributed by atoms with Crippen LogP contribution in [0.1, 0.15) is 37.3 Å². The fourth-order valence-corrected chi connectivity index (χ4v) is 4.35. The van der Waals surface area contributed by atoms with Gasteiger partial charge in [-0.15, -0.1) is 0 Å². The molecule has 0 saturated heterocycles. The van der Waals surface area contributed by atoms with E-state index in [-0.39, 0.29) is 22.8 Å². The summed E-state index contributed by atoms with van der Waals surface area (Å²) in [5.41, 5.74) is 0.183. The molecule has 3 nitrogen and oxygen atoms in total. The van der Waals surface area contributed by atoms with Crippen LogP contribution in [0, 0.1) is 0 Å². The summed E-state index contributed by atoms with van der Waals surface area (Å²) in [6.45, 7) is 0. The minimum absolute atomic E-state index is 0.0464. The molecule has 7 heteroatoms. The third-order valence-electron chi connectivity index (χ3n) is 5.45. The van der Waals surface area contributed by atoms with E-state index in [0.717, 1.165) is 31.1 Å². The Morgan fingerprint density at radius 2 is 1.75 bits per heavy atom. The highest BCUT2D eigenvalue weighted by atomic mass is 32.1. The van der Waals surface area contributed by atoms with Gasteiger partial charge in [-0.1, -0.05) is 55.3 Å². The third-order valence-corrected chi connectivity index (χ3v) is 5.68. The fraction of sp³-hybridized carbons (Fsp3) is 0.476. The van der Waals surface area contributed by atoms with E-state index in [2.05, 4.69) is 15.5 Å². The number of nitrogens with one attached hydrogen (secondary N) is 2. The first kappa shape index (κ1) is 20.9. The Labute approximate surface area is 169 Å². The van der Waals surface area contributed by atoms with E-state index in [0.29, 0.717) is 5.39 Å². The highest BCUT2D eigenvalue weighted by molar-refractivity contribution is 7.80. The molecule has 1 fully saturated rings. The number of thiocarbonyl (C=S) groups is 1. The number of hydrogen-bond acceptors (Lipinski definition) is 2. The maximum atomic E-state index is 13.9. The Kier molecular flexibility index (Phi) is 6.45. The molecule has 0 amide bonds. The van der Waals surface area contributed by atoms with Gasteiger partial charge in [0.1, 0.15) is 0 Å². The predicted octanol–water partition coefficient (Wildman–Crippen LogP) is 4.78. The zero-order valence-electron chi connectivity index (χ0n) is 16.1. The molecule has 1 saturated carbocycles. The number of benzene rings is 2. The summed E-state index contributed by atoms with van der Waals surface area (Å²) < 4.78 is 41.8. The Balaban J connectivity index is 1.82. The standard InChI is InChI=1S/C21H26F3N3S/c1-27(2)18-13-6-5-12-17(18)25-20(28)26-19(21(22,23)24)16-11-7-9-14-8-3-4-10-15(14)16/h3-4,7-11,17-19H,5-6,12-13H2,1-2H3,(H2,25,26,28)/t17-,18-,19-/m1/s1. The lowest BCUT2D eigenvalue weighted by molar-refractivity contribution is -0.153. The van der Waals surface area contributed by atoms with Gasteiger partial charge in [0.15, 0.2) is 11.2 Å². The summed E-state index contributed by atoms with van der Waals surface area (Å²) in [5, 5.41) is 7.10. The van der Waals surface area contributed by atoms with E-state index in [1.54, 1.807) is 18.2 Å². The second kappa shape index (κ2) is 8.66. The van der Waals surface area contributed by atoms with Crippen molar-refractivity contribution in [1.82, 2.24) is 15.5 Å². The normalized spacial score (nSPS) is 21.5. The number of hydrogen-bond donors (Lipinski definition) is 2. The molecule has 0 bridgehead atoms. The molecule has 3 rings (SSSR count). The average molecular weight is 410 g/mol. The molecular formula is C21H26F3N3S. The molecule has 1 aliphatic carbocycles. The van der Waals surface area contributed by atoms with Crippen molar-refractivity contribution < 1.29 is 13.2 Å². The van der Waals surface area contributed by atoms with Crippen LogP contribution in [0.2, 0.25) is 0 Å². The van der Waals surface area contributed by atoms with Gasteiger partial charge >= 0.3 is 6.18 Å². The van der Waals surface area contributed by atoms with E-state index in [1.807, 2.05) is 32.3 Å². The number of fused-ring (bicyclic) bond motifs is 1. The van der Waals surface area contributed by atoms with E-state index in [1.165, 1.54) is 6.07 Å². The lowest BCUT2D eigenvalue weighted by Crippen LogP contribution is -2.54. The van der Waals surface area contributed by atoms with Crippen molar-refractivity contribution in [2.75, 3.05) is 14.1 Å². The molecule has 0 aromatic heterocycles. The van der Waals surface area contributed by atoms with Crippen LogP contribution < -0.4 is 10.6 Å². The number of nitrogens with zero attached hydrogens (tertiary/aromatic N) is 1. The zero-order valence-corrected chi connectivity index (χ0v) is 16.9. The summed E-state index contributed by atoms with van der Waals surface area (Å²) in [4.78, 5) is 2.12. The quantitative estimate of drug-likeness (QED) is 0.711. The second-order valence-electron chi connectivity index (χ2n) is 7.58. The van der Waals surface area contributed by atoms with E-state index >= 15 is 0 Å². The Bertz CT molecular complexity index is 817. The molecule has 2 N–H and O–H groups in total. The molecule has 2 aromatic rings. The number of likely N-dealkylation sites (N-methyl/N-ethyl adjacent to an activating group) is 1. The van der Waals surface area contributed by atoms with Crippen LogP contribution in [0.25, 0.3) is 10.8 Å². The van der Waals surface area contributed by atoms with Gasteiger partial charge < -0.3 is 15.5 Å². The van der Waals surface area contributed by atoms with Gasteiger partial charge in [0.25, 0.3) is 0 Å². The Morgan fingerprint density at radius 3 is 2.46 bits per heavy atom. The van der Waals surface area contributed by atoms with Gasteiger partial charge in [0.2, 0.25) is 0 Å². The molecule has 3 atom stereocenters. The van der Waals surface area contributed by atoms with Crippen molar-refractivity contribution >= 4 is 28.1 Å². The smallest absolute Gasteiger partial charge is 0.358 e. The highest BCUT2D eigenvalue weighted by Gasteiger charge is 2.42. The van der Waals surface area contributed by atoms with Crippen LogP contribution in [0.3, 0.4) is 0 Å². The molecule has 152 valence electrons. The first-order valence-corrected chi connectivity index (χ1v) is 9.96. The molecule has 28 heavy (non-hydrogen) atoms. The van der Waals surface area contributed by atoms with Crippen molar-refractivity contribution in [2.24, 2.45) is 0 Å². The Morgan fingerprint density at radius 1 is 1.07 bits per heavy atom. The first-order chi connectivity index (χ1) is 13.3. The highest BCUT2D eigenvalue weighted by Crippen LogP contribution is 2.36. The van der Waals surface area contributed by atoms with Crippen LogP contribution >= 0.6 is 12.2 Å². The summed E-state index contributed by atoms with van der Waals surface area (Å²) >= 11 is 5.30. The number of halogens is 3. The molecule has 2 aromatic carbocycles. The van der Waals surface area contributed by atoms with Crippen molar-refractivity contribution in [2.45, 2.75) is 50.0 Å². The molecule has 0 unspecified atom stereocenters. The number of alkyl halides is 3. The van der Waals surface area contributed by atoms with Crippen molar-refractivity contribution in [3.8, 4) is 0 Å². The third kappa shape index (κ3) is 4.75. The lowest BCUT2D eigenvalue weighted by Gasteiger charge is -2.37. The first-order valence-electron chi connectivity index (χ1n) is 9.55. The summed E-state index contributed by atoms with van der Waals surface area (Å²) in [6.07, 6.45) is -0.378. The Hall–Kier alpha value is -1.86. The van der Waals surface area contributed by atoms with Gasteiger partial charge in [0, 0.05) is 12.1 Å². The fourth-order valence-electron chi connectivity index (χ4n) is 4.08. The molecule has 0 heterocycles. The SMILES string of the molecule is CN(C)[C@@H]1CCCC[C@H]1NC(=S)N[C@H](c1cccc2ccccc12)C(F)(F)F. The molecule has 0 aliphatic heterocycles. The van der Waals surface area contributed by atoms with Crippen LogP contribution in [-0.4, -0.2) is 42.4 Å². The maximum absolute atomic E-state index is 13.9. The van der Waals surface area contributed by atoms with Crippen LogP contribution in [-0.2, 0) is 0 Å². The van der Waals surface area contributed by atoms with Crippen molar-refractivity contribution in [3.05, 3.63) is 48.0 Å². The van der Waals surface area contributed by atoms with Gasteiger partial charge in [0.05, 0.1) is 0 Å². The average Bonchev–Trinajstić information content (AvgIpc) is 2.65. The van der Waals surface area contributed by atoms with Crippen LogP contribution in [0.4, 0.5) is 13.2 Å². The number of rotatable bonds is 4. The van der Waals surface area contributed by atoms with Gasteiger partial charge in [-0.25, -0.2) is 0 Å². The lowest BCUT2D eigenvalue weighted by atomic mass is 9.89. The predicted molar refractivity (Wildman–Crippen MR) is 111 cm³/mol. The molecule has 0 radical (unpaired) electrons. The largest absolute Gasteiger partial charge is 0.412 e. The van der Waals surface area contributed by atoms with Crippen LogP contribution in [0.5, 0.6) is 0 Å². The minimum Gasteiger partial charge on any atom is -0.358 e. The molecule has 1 aliphatic rings. The zero-order chi connectivity index (χ0) is 20.3. The van der Waals surface area contributed by atoms with E-state index < -0.39 is 12.2 Å². The topological polar surface area (TPSA) is 27.3 Å². The van der Waals surface area contributed by atoms with E-state index in [4.69, 9.17) is 12.2 Å². The van der Waals surface area contributed by atoms with Crippen molar-refractivity contribution in [1.29, 1.82) is 0 Å².